The average molecular weight is 455 g/mol. The van der Waals surface area contributed by atoms with E-state index in [9.17, 15) is 18.0 Å². The first-order valence-electron chi connectivity index (χ1n) is 10.0. The molecule has 2 heterocycles. The lowest BCUT2D eigenvalue weighted by atomic mass is 10.3. The Morgan fingerprint density at radius 2 is 1.68 bits per heavy atom. The van der Waals surface area contributed by atoms with Gasteiger partial charge in [-0.1, -0.05) is 0 Å². The molecule has 0 aliphatic carbocycles. The number of piperazine rings is 1. The minimum Gasteiger partial charge on any atom is -0.356 e. The number of nitrogens with zero attached hydrogens (tertiary/aromatic N) is 5. The summed E-state index contributed by atoms with van der Waals surface area (Å²) in [6, 6.07) is 9.23. The summed E-state index contributed by atoms with van der Waals surface area (Å²) < 4.78 is 37.2. The highest BCUT2D eigenvalue weighted by atomic mass is 32.2. The topological polar surface area (TPSA) is 64.6 Å². The Morgan fingerprint density at radius 3 is 2.19 bits per heavy atom. The summed E-state index contributed by atoms with van der Waals surface area (Å²) in [4.78, 5) is 18.4. The molecule has 0 saturated carbocycles. The number of urea groups is 1. The molecule has 1 fully saturated rings. The highest BCUT2D eigenvalue weighted by Gasteiger charge is 2.29. The predicted octanol–water partition coefficient (Wildman–Crippen LogP) is 4.29. The highest BCUT2D eigenvalue weighted by Crippen LogP contribution is 2.37. The number of aromatic nitrogens is 2. The molecule has 3 rings (SSSR count). The summed E-state index contributed by atoms with van der Waals surface area (Å²) in [6.07, 6.45) is 0. The van der Waals surface area contributed by atoms with E-state index in [0.29, 0.717) is 31.9 Å². The van der Waals surface area contributed by atoms with Crippen LogP contribution in [0.1, 0.15) is 13.8 Å². The Morgan fingerprint density at radius 1 is 1.03 bits per heavy atom. The third-order valence-corrected chi connectivity index (χ3v) is 5.69. The van der Waals surface area contributed by atoms with Gasteiger partial charge >= 0.3 is 11.5 Å². The zero-order chi connectivity index (χ0) is 22.4. The number of alkyl halides is 3. The van der Waals surface area contributed by atoms with Crippen molar-refractivity contribution in [1.82, 2.24) is 15.1 Å². The molecular weight excluding hydrogens is 429 g/mol. The van der Waals surface area contributed by atoms with Gasteiger partial charge in [-0.25, -0.2) is 4.79 Å². The Kier molecular flexibility index (Phi) is 7.47. The molecule has 2 aromatic rings. The maximum Gasteiger partial charge on any atom is 0.446 e. The van der Waals surface area contributed by atoms with Crippen molar-refractivity contribution in [3.8, 4) is 0 Å². The molecule has 7 nitrogen and oxygen atoms in total. The summed E-state index contributed by atoms with van der Waals surface area (Å²) in [6.45, 7) is 8.12. The second-order valence-corrected chi connectivity index (χ2v) is 8.04. The maximum absolute atomic E-state index is 12.5. The van der Waals surface area contributed by atoms with Gasteiger partial charge in [-0.2, -0.15) is 13.2 Å². The van der Waals surface area contributed by atoms with Crippen molar-refractivity contribution in [3.63, 3.8) is 0 Å². The fraction of sp³-hybridized carbons (Fsp3) is 0.450. The van der Waals surface area contributed by atoms with Crippen LogP contribution in [0.3, 0.4) is 0 Å². The van der Waals surface area contributed by atoms with Gasteiger partial charge in [-0.05, 0) is 62.0 Å². The number of thioether (sulfide) groups is 1. The van der Waals surface area contributed by atoms with E-state index in [4.69, 9.17) is 0 Å². The Hall–Kier alpha value is -2.69. The number of hydrogen-bond donors (Lipinski definition) is 1. The maximum atomic E-state index is 12.5. The quantitative estimate of drug-likeness (QED) is 0.657. The normalized spacial score (nSPS) is 14.5. The molecule has 1 aromatic heterocycles. The Balaban J connectivity index is 1.50. The molecule has 1 aromatic carbocycles. The molecule has 0 radical (unpaired) electrons. The van der Waals surface area contributed by atoms with Gasteiger partial charge in [0.1, 0.15) is 0 Å². The number of benzene rings is 1. The molecule has 168 valence electrons. The molecule has 11 heteroatoms. The molecule has 2 amide bonds. The number of halogens is 3. The van der Waals surface area contributed by atoms with Crippen molar-refractivity contribution in [2.45, 2.75) is 24.3 Å². The second kappa shape index (κ2) is 10.1. The van der Waals surface area contributed by atoms with E-state index in [2.05, 4.69) is 39.2 Å². The first-order valence-corrected chi connectivity index (χ1v) is 10.9. The lowest BCUT2D eigenvalue weighted by molar-refractivity contribution is -0.0328. The van der Waals surface area contributed by atoms with Crippen molar-refractivity contribution in [1.29, 1.82) is 0 Å². The van der Waals surface area contributed by atoms with Gasteiger partial charge in [-0.3, -0.25) is 0 Å². The first-order chi connectivity index (χ1) is 14.8. The minimum absolute atomic E-state index is 0.0761. The van der Waals surface area contributed by atoms with E-state index in [-0.39, 0.29) is 22.7 Å². The van der Waals surface area contributed by atoms with E-state index in [1.54, 1.807) is 4.90 Å². The Bertz CT molecular complexity index is 851. The molecule has 1 aliphatic heterocycles. The summed E-state index contributed by atoms with van der Waals surface area (Å²) in [5.74, 6) is 1.61. The third-order valence-electron chi connectivity index (χ3n) is 4.95. The van der Waals surface area contributed by atoms with Crippen LogP contribution in [0.15, 0.2) is 41.3 Å². The lowest BCUT2D eigenvalue weighted by Gasteiger charge is -2.35. The zero-order valence-electron chi connectivity index (χ0n) is 17.4. The molecule has 0 atom stereocenters. The summed E-state index contributed by atoms with van der Waals surface area (Å²) in [5.41, 5.74) is -3.88. The molecule has 0 bridgehead atoms. The van der Waals surface area contributed by atoms with Crippen LogP contribution in [0, 0.1) is 0 Å². The monoisotopic (exact) mass is 454 g/mol. The number of carbonyl (C=O) groups is 1. The smallest absolute Gasteiger partial charge is 0.356 e. The van der Waals surface area contributed by atoms with Gasteiger partial charge in [-0.15, -0.1) is 10.2 Å². The van der Waals surface area contributed by atoms with Crippen molar-refractivity contribution in [2.24, 2.45) is 0 Å². The molecule has 1 N–H and O–H groups in total. The fourth-order valence-electron chi connectivity index (χ4n) is 3.28. The van der Waals surface area contributed by atoms with Crippen LogP contribution in [-0.4, -0.2) is 65.9 Å². The standard InChI is InChI=1S/C20H25F3N6OS/c1-3-27(4-2)17-9-10-18(26-25-17)28-11-13-29(14-12-28)19(30)24-15-5-7-16(8-6-15)31-20(21,22)23/h5-10H,3-4,11-14H2,1-2H3,(H,24,30). The number of carbonyl (C=O) groups excluding carboxylic acids is 1. The summed E-state index contributed by atoms with van der Waals surface area (Å²) >= 11 is -0.183. The number of nitrogens with one attached hydrogen (secondary N) is 1. The van der Waals surface area contributed by atoms with Crippen molar-refractivity contribution in [3.05, 3.63) is 36.4 Å². The van der Waals surface area contributed by atoms with Crippen molar-refractivity contribution in [2.75, 3.05) is 54.4 Å². The zero-order valence-corrected chi connectivity index (χ0v) is 18.2. The van der Waals surface area contributed by atoms with Crippen LogP contribution in [0.4, 0.5) is 35.3 Å². The molecule has 0 spiro atoms. The highest BCUT2D eigenvalue weighted by molar-refractivity contribution is 8.00. The van der Waals surface area contributed by atoms with Gasteiger partial charge in [0.25, 0.3) is 0 Å². The Labute approximate surface area is 183 Å². The molecule has 1 saturated heterocycles. The first kappa shape index (κ1) is 23.0. The van der Waals surface area contributed by atoms with Gasteiger partial charge in [0.15, 0.2) is 11.6 Å². The van der Waals surface area contributed by atoms with E-state index in [1.165, 1.54) is 24.3 Å². The van der Waals surface area contributed by atoms with E-state index >= 15 is 0 Å². The molecule has 1 aliphatic rings. The van der Waals surface area contributed by atoms with E-state index in [0.717, 1.165) is 24.7 Å². The van der Waals surface area contributed by atoms with Crippen LogP contribution in [0.25, 0.3) is 0 Å². The van der Waals surface area contributed by atoms with Gasteiger partial charge in [0, 0.05) is 49.9 Å². The third kappa shape index (κ3) is 6.39. The van der Waals surface area contributed by atoms with Gasteiger partial charge < -0.3 is 20.0 Å². The van der Waals surface area contributed by atoms with Crippen molar-refractivity contribution < 1.29 is 18.0 Å². The SMILES string of the molecule is CCN(CC)c1ccc(N2CCN(C(=O)Nc3ccc(SC(F)(F)F)cc3)CC2)nn1. The van der Waals surface area contributed by atoms with Crippen LogP contribution in [-0.2, 0) is 0 Å². The summed E-state index contributed by atoms with van der Waals surface area (Å²) in [7, 11) is 0. The minimum atomic E-state index is -4.33. The van der Waals surface area contributed by atoms with Crippen molar-refractivity contribution >= 4 is 35.1 Å². The van der Waals surface area contributed by atoms with Crippen LogP contribution >= 0.6 is 11.8 Å². The molecular formula is C20H25F3N6OS. The number of rotatable bonds is 6. The predicted molar refractivity (Wildman–Crippen MR) is 117 cm³/mol. The average Bonchev–Trinajstić information content (AvgIpc) is 2.75. The number of amides is 2. The van der Waals surface area contributed by atoms with Crippen LogP contribution in [0.2, 0.25) is 0 Å². The van der Waals surface area contributed by atoms with Gasteiger partial charge in [0.2, 0.25) is 0 Å². The van der Waals surface area contributed by atoms with E-state index < -0.39 is 5.51 Å². The summed E-state index contributed by atoms with van der Waals surface area (Å²) in [5, 5.41) is 11.4. The number of anilines is 3. The largest absolute Gasteiger partial charge is 0.446 e. The van der Waals surface area contributed by atoms with Crippen LogP contribution in [0.5, 0.6) is 0 Å². The molecule has 0 unspecified atom stereocenters. The van der Waals surface area contributed by atoms with Gasteiger partial charge in [0.05, 0.1) is 0 Å². The van der Waals surface area contributed by atoms with E-state index in [1.807, 2.05) is 12.1 Å². The van der Waals surface area contributed by atoms with Crippen LogP contribution < -0.4 is 15.1 Å². The molecule has 31 heavy (non-hydrogen) atoms. The lowest BCUT2D eigenvalue weighted by Crippen LogP contribution is -2.50. The number of hydrogen-bond acceptors (Lipinski definition) is 6. The fourth-order valence-corrected chi connectivity index (χ4v) is 3.82. The second-order valence-electron chi connectivity index (χ2n) is 6.90.